The molecule has 1 unspecified atom stereocenters. The van der Waals surface area contributed by atoms with E-state index >= 15 is 0 Å². The summed E-state index contributed by atoms with van der Waals surface area (Å²) in [5, 5.41) is 0. The van der Waals surface area contributed by atoms with Gasteiger partial charge in [0, 0.05) is 5.41 Å². The van der Waals surface area contributed by atoms with Crippen molar-refractivity contribution in [2.75, 3.05) is 6.16 Å². The number of benzene rings is 3. The maximum atomic E-state index is 2.85. The van der Waals surface area contributed by atoms with E-state index in [1.807, 2.05) is 0 Å². The topological polar surface area (TPSA) is 0 Å². The van der Waals surface area contributed by atoms with Crippen LogP contribution < -0.4 is 0 Å². The number of halogens is 1. The zero-order chi connectivity index (χ0) is 27.3. The highest BCUT2D eigenvalue weighted by molar-refractivity contribution is 7.16. The van der Waals surface area contributed by atoms with Crippen LogP contribution in [0.25, 0.3) is 0 Å². The minimum absolute atomic E-state index is 0. The normalized spacial score (nSPS) is 11.3. The fraction of sp³-hybridized carbons (Fsp3) is 0.526. The van der Waals surface area contributed by atoms with E-state index in [-0.39, 0.29) is 17.8 Å². The van der Waals surface area contributed by atoms with Crippen LogP contribution in [0, 0.1) is 0 Å². The van der Waals surface area contributed by atoms with Gasteiger partial charge in [0.25, 0.3) is 0 Å². The van der Waals surface area contributed by atoms with Gasteiger partial charge in [-0.2, -0.15) is 0 Å². The van der Waals surface area contributed by atoms with Crippen molar-refractivity contribution in [2.24, 2.45) is 0 Å². The van der Waals surface area contributed by atoms with Crippen molar-refractivity contribution >= 4 is 21.6 Å². The Balaban J connectivity index is 0.00000560. The van der Waals surface area contributed by atoms with Crippen molar-refractivity contribution in [3.63, 3.8) is 0 Å². The largest absolute Gasteiger partial charge is 0.147 e. The van der Waals surface area contributed by atoms with E-state index in [1.165, 1.54) is 132 Å². The second-order valence-corrected chi connectivity index (χ2v) is 12.1. The van der Waals surface area contributed by atoms with Gasteiger partial charge in [-0.3, -0.25) is 0 Å². The van der Waals surface area contributed by atoms with E-state index < -0.39 is 0 Å². The fourth-order valence-corrected chi connectivity index (χ4v) is 6.58. The first-order valence-electron chi connectivity index (χ1n) is 16.2. The Morgan fingerprint density at radius 2 is 0.600 bits per heavy atom. The van der Waals surface area contributed by atoms with Crippen LogP contribution in [0.4, 0.5) is 0 Å². The van der Waals surface area contributed by atoms with E-state index in [0.717, 1.165) is 6.42 Å². The Morgan fingerprint density at radius 1 is 0.350 bits per heavy atom. The predicted octanol–water partition coefficient (Wildman–Crippen LogP) is 12.3. The standard InChI is InChI=1S/C38H55P.ClH/c39-34-26-15-13-11-9-7-5-3-1-2-4-6-8-10-12-14-25-33-38(35-27-19-16-20-28-35,36-29-21-17-22-30-36)37-31-23-18-24-32-37;/h16-24,27-32H,1-15,25-26,33-34,39H2;1H. The second-order valence-electron chi connectivity index (χ2n) is 11.6. The third kappa shape index (κ3) is 12.1. The van der Waals surface area contributed by atoms with Crippen LogP contribution in [0.2, 0.25) is 0 Å². The maximum absolute atomic E-state index is 2.85. The lowest BCUT2D eigenvalue weighted by Gasteiger charge is -2.36. The minimum atomic E-state index is -0.0852. The van der Waals surface area contributed by atoms with Crippen molar-refractivity contribution in [3.05, 3.63) is 108 Å². The highest BCUT2D eigenvalue weighted by atomic mass is 35.5. The van der Waals surface area contributed by atoms with Gasteiger partial charge in [-0.05, 0) is 35.7 Å². The molecule has 0 saturated carbocycles. The third-order valence-electron chi connectivity index (χ3n) is 8.56. The number of rotatable bonds is 22. The quantitative estimate of drug-likeness (QED) is 0.0631. The summed E-state index contributed by atoms with van der Waals surface area (Å²) in [7, 11) is 2.85. The van der Waals surface area contributed by atoms with Gasteiger partial charge < -0.3 is 0 Å². The van der Waals surface area contributed by atoms with Crippen LogP contribution in [-0.4, -0.2) is 6.16 Å². The summed E-state index contributed by atoms with van der Waals surface area (Å²) in [5.74, 6) is 0. The highest BCUT2D eigenvalue weighted by Gasteiger charge is 2.35. The van der Waals surface area contributed by atoms with E-state index in [2.05, 4.69) is 100 Å². The van der Waals surface area contributed by atoms with Gasteiger partial charge in [0.05, 0.1) is 0 Å². The number of hydrogen-bond donors (Lipinski definition) is 0. The molecule has 0 bridgehead atoms. The smallest absolute Gasteiger partial charge is 0.0451 e. The summed E-state index contributed by atoms with van der Waals surface area (Å²) < 4.78 is 0. The summed E-state index contributed by atoms with van der Waals surface area (Å²) in [6.45, 7) is 0. The SMILES string of the molecule is Cl.PCCCCCCCCCCCCCCCCCCCC(c1ccccc1)(c1ccccc1)c1ccccc1. The lowest BCUT2D eigenvalue weighted by atomic mass is 9.66. The molecular formula is C38H56ClP. The van der Waals surface area contributed by atoms with Crippen molar-refractivity contribution in [1.29, 1.82) is 0 Å². The average molecular weight is 579 g/mol. The van der Waals surface area contributed by atoms with Gasteiger partial charge in [0.15, 0.2) is 0 Å². The monoisotopic (exact) mass is 578 g/mol. The Labute approximate surface area is 255 Å². The molecule has 0 fully saturated rings. The molecule has 0 N–H and O–H groups in total. The van der Waals surface area contributed by atoms with Crippen LogP contribution >= 0.6 is 21.6 Å². The van der Waals surface area contributed by atoms with E-state index in [4.69, 9.17) is 0 Å². The average Bonchev–Trinajstić information content (AvgIpc) is 3.00. The Morgan fingerprint density at radius 3 is 0.875 bits per heavy atom. The van der Waals surface area contributed by atoms with Crippen molar-refractivity contribution in [3.8, 4) is 0 Å². The molecule has 0 saturated heterocycles. The molecule has 0 aliphatic heterocycles. The first kappa shape index (κ1) is 34.6. The molecule has 3 rings (SSSR count). The predicted molar refractivity (Wildman–Crippen MR) is 184 cm³/mol. The molecule has 2 heteroatoms. The lowest BCUT2D eigenvalue weighted by Crippen LogP contribution is -2.29. The Kier molecular flexibility index (Phi) is 19.1. The van der Waals surface area contributed by atoms with E-state index in [1.54, 1.807) is 0 Å². The van der Waals surface area contributed by atoms with Crippen LogP contribution in [-0.2, 0) is 5.41 Å². The lowest BCUT2D eigenvalue weighted by molar-refractivity contribution is 0.491. The van der Waals surface area contributed by atoms with Crippen molar-refractivity contribution < 1.29 is 0 Å². The molecule has 40 heavy (non-hydrogen) atoms. The molecule has 1 atom stereocenters. The van der Waals surface area contributed by atoms with Crippen molar-refractivity contribution in [1.82, 2.24) is 0 Å². The molecule has 0 amide bonds. The molecule has 3 aromatic carbocycles. The molecular weight excluding hydrogens is 523 g/mol. The van der Waals surface area contributed by atoms with Gasteiger partial charge >= 0.3 is 0 Å². The van der Waals surface area contributed by atoms with Gasteiger partial charge in [0.2, 0.25) is 0 Å². The summed E-state index contributed by atoms with van der Waals surface area (Å²) in [5.41, 5.74) is 4.15. The highest BCUT2D eigenvalue weighted by Crippen LogP contribution is 2.43. The third-order valence-corrected chi connectivity index (χ3v) is 8.96. The van der Waals surface area contributed by atoms with Gasteiger partial charge in [-0.1, -0.05) is 194 Å². The van der Waals surface area contributed by atoms with Crippen LogP contribution in [0.3, 0.4) is 0 Å². The molecule has 0 spiro atoms. The zero-order valence-corrected chi connectivity index (χ0v) is 27.1. The summed E-state index contributed by atoms with van der Waals surface area (Å²) >= 11 is 0. The maximum Gasteiger partial charge on any atom is 0.0451 e. The Hall–Kier alpha value is -1.62. The van der Waals surface area contributed by atoms with Crippen LogP contribution in [0.5, 0.6) is 0 Å². The second kappa shape index (κ2) is 22.0. The minimum Gasteiger partial charge on any atom is -0.147 e. The molecule has 0 nitrogen and oxygen atoms in total. The molecule has 0 aliphatic rings. The molecule has 220 valence electrons. The molecule has 0 radical (unpaired) electrons. The number of hydrogen-bond acceptors (Lipinski definition) is 0. The molecule has 3 aromatic rings. The first-order valence-corrected chi connectivity index (χ1v) is 17.1. The zero-order valence-electron chi connectivity index (χ0n) is 25.1. The Bertz CT molecular complexity index is 860. The van der Waals surface area contributed by atoms with Gasteiger partial charge in [0.1, 0.15) is 0 Å². The summed E-state index contributed by atoms with van der Waals surface area (Å²) in [6, 6.07) is 33.6. The molecule has 0 heterocycles. The van der Waals surface area contributed by atoms with Crippen LogP contribution in [0.15, 0.2) is 91.0 Å². The number of unbranched alkanes of at least 4 members (excludes halogenated alkanes) is 16. The van der Waals surface area contributed by atoms with E-state index in [0.29, 0.717) is 0 Å². The summed E-state index contributed by atoms with van der Waals surface area (Å²) in [6.07, 6.45) is 26.5. The van der Waals surface area contributed by atoms with Crippen LogP contribution in [0.1, 0.15) is 132 Å². The van der Waals surface area contributed by atoms with Crippen molar-refractivity contribution in [2.45, 2.75) is 121 Å². The van der Waals surface area contributed by atoms with Gasteiger partial charge in [-0.25, -0.2) is 0 Å². The molecule has 0 aliphatic carbocycles. The van der Waals surface area contributed by atoms with E-state index in [9.17, 15) is 0 Å². The fourth-order valence-electron chi connectivity index (χ4n) is 6.29. The molecule has 0 aromatic heterocycles. The van der Waals surface area contributed by atoms with Gasteiger partial charge in [-0.15, -0.1) is 21.6 Å². The first-order chi connectivity index (χ1) is 19.4. The summed E-state index contributed by atoms with van der Waals surface area (Å²) in [4.78, 5) is 0.